The normalized spacial score (nSPS) is 13.1. The zero-order chi connectivity index (χ0) is 15.6. The van der Waals surface area contributed by atoms with E-state index in [9.17, 15) is 0 Å². The van der Waals surface area contributed by atoms with Crippen LogP contribution in [0.2, 0.25) is 0 Å². The number of benzene rings is 2. The quantitative estimate of drug-likeness (QED) is 0.806. The van der Waals surface area contributed by atoms with Crippen LogP contribution < -0.4 is 10.6 Å². The van der Waals surface area contributed by atoms with Crippen LogP contribution in [0, 0.1) is 0 Å². The molecule has 0 bridgehead atoms. The van der Waals surface area contributed by atoms with E-state index in [2.05, 4.69) is 63.4 Å². The summed E-state index contributed by atoms with van der Waals surface area (Å²) in [5.41, 5.74) is 11.7. The van der Waals surface area contributed by atoms with Crippen molar-refractivity contribution in [3.8, 4) is 11.3 Å². The average molecular weight is 302 g/mol. The number of aromatic nitrogens is 2. The van der Waals surface area contributed by atoms with Gasteiger partial charge in [-0.1, -0.05) is 42.5 Å². The van der Waals surface area contributed by atoms with E-state index in [0.717, 1.165) is 30.8 Å². The molecule has 1 aliphatic heterocycles. The zero-order valence-electron chi connectivity index (χ0n) is 12.8. The summed E-state index contributed by atoms with van der Waals surface area (Å²) >= 11 is 0. The van der Waals surface area contributed by atoms with Crippen molar-refractivity contribution in [3.05, 3.63) is 72.1 Å². The maximum atomic E-state index is 5.89. The Morgan fingerprint density at radius 1 is 0.957 bits per heavy atom. The summed E-state index contributed by atoms with van der Waals surface area (Å²) < 4.78 is 0. The first-order chi connectivity index (χ1) is 11.3. The van der Waals surface area contributed by atoms with Crippen LogP contribution in [0.15, 0.2) is 60.9 Å². The molecule has 23 heavy (non-hydrogen) atoms. The average Bonchev–Trinajstić information content (AvgIpc) is 2.99. The van der Waals surface area contributed by atoms with Crippen molar-refractivity contribution in [2.24, 2.45) is 0 Å². The van der Waals surface area contributed by atoms with Crippen molar-refractivity contribution in [1.29, 1.82) is 0 Å². The van der Waals surface area contributed by atoms with E-state index in [1.165, 1.54) is 16.8 Å². The Hall–Kier alpha value is -2.88. The van der Waals surface area contributed by atoms with Gasteiger partial charge in [0.25, 0.3) is 0 Å². The van der Waals surface area contributed by atoms with Crippen molar-refractivity contribution >= 4 is 11.5 Å². The molecule has 2 aromatic carbocycles. The molecule has 114 valence electrons. The van der Waals surface area contributed by atoms with Gasteiger partial charge in [-0.05, 0) is 23.6 Å². The molecule has 3 aromatic rings. The van der Waals surface area contributed by atoms with Crippen LogP contribution in [-0.4, -0.2) is 16.5 Å². The number of fused-ring (bicyclic) bond motifs is 1. The van der Waals surface area contributed by atoms with Gasteiger partial charge in [0, 0.05) is 36.7 Å². The molecule has 2 N–H and O–H groups in total. The third-order valence-corrected chi connectivity index (χ3v) is 4.31. The fourth-order valence-electron chi connectivity index (χ4n) is 3.13. The monoisotopic (exact) mass is 302 g/mol. The summed E-state index contributed by atoms with van der Waals surface area (Å²) in [6, 6.07) is 17.1. The SMILES string of the molecule is Nc1nccnc1-c1ccc(CN2CCc3ccccc32)cc1. The molecule has 0 amide bonds. The molecule has 0 radical (unpaired) electrons. The van der Waals surface area contributed by atoms with Crippen LogP contribution in [0.3, 0.4) is 0 Å². The molecular weight excluding hydrogens is 284 g/mol. The van der Waals surface area contributed by atoms with Gasteiger partial charge >= 0.3 is 0 Å². The maximum Gasteiger partial charge on any atom is 0.149 e. The van der Waals surface area contributed by atoms with Gasteiger partial charge in [-0.3, -0.25) is 4.98 Å². The lowest BCUT2D eigenvalue weighted by Gasteiger charge is -2.19. The Balaban J connectivity index is 1.55. The van der Waals surface area contributed by atoms with Crippen molar-refractivity contribution in [1.82, 2.24) is 9.97 Å². The van der Waals surface area contributed by atoms with Gasteiger partial charge in [0.05, 0.1) is 0 Å². The number of anilines is 2. The molecule has 1 aliphatic rings. The smallest absolute Gasteiger partial charge is 0.149 e. The number of para-hydroxylation sites is 1. The molecule has 0 unspecified atom stereocenters. The largest absolute Gasteiger partial charge is 0.382 e. The molecule has 2 heterocycles. The van der Waals surface area contributed by atoms with Gasteiger partial charge in [-0.25, -0.2) is 4.98 Å². The van der Waals surface area contributed by atoms with Crippen molar-refractivity contribution in [2.45, 2.75) is 13.0 Å². The number of nitrogen functional groups attached to an aromatic ring is 1. The lowest BCUT2D eigenvalue weighted by Crippen LogP contribution is -2.19. The van der Waals surface area contributed by atoms with E-state index in [1.54, 1.807) is 12.4 Å². The second-order valence-corrected chi connectivity index (χ2v) is 5.79. The lowest BCUT2D eigenvalue weighted by atomic mass is 10.1. The number of nitrogens with two attached hydrogens (primary N) is 1. The highest BCUT2D eigenvalue weighted by atomic mass is 15.1. The van der Waals surface area contributed by atoms with Gasteiger partial charge < -0.3 is 10.6 Å². The number of nitrogens with zero attached hydrogens (tertiary/aromatic N) is 3. The van der Waals surface area contributed by atoms with Crippen LogP contribution in [0.5, 0.6) is 0 Å². The van der Waals surface area contributed by atoms with Crippen molar-refractivity contribution < 1.29 is 0 Å². The highest BCUT2D eigenvalue weighted by molar-refractivity contribution is 5.69. The third-order valence-electron chi connectivity index (χ3n) is 4.31. The summed E-state index contributed by atoms with van der Waals surface area (Å²) in [5, 5.41) is 0. The maximum absolute atomic E-state index is 5.89. The molecule has 0 saturated carbocycles. The minimum absolute atomic E-state index is 0.466. The van der Waals surface area contributed by atoms with Crippen molar-refractivity contribution in [3.63, 3.8) is 0 Å². The second-order valence-electron chi connectivity index (χ2n) is 5.79. The molecule has 1 aromatic heterocycles. The summed E-state index contributed by atoms with van der Waals surface area (Å²) in [6.07, 6.45) is 4.41. The first-order valence-corrected chi connectivity index (χ1v) is 7.80. The number of rotatable bonds is 3. The summed E-state index contributed by atoms with van der Waals surface area (Å²) in [7, 11) is 0. The Labute approximate surface area is 135 Å². The Morgan fingerprint density at radius 3 is 2.57 bits per heavy atom. The fraction of sp³-hybridized carbons (Fsp3) is 0.158. The van der Waals surface area contributed by atoms with Crippen LogP contribution in [0.25, 0.3) is 11.3 Å². The topological polar surface area (TPSA) is 55.0 Å². The molecular formula is C19H18N4. The van der Waals surface area contributed by atoms with E-state index >= 15 is 0 Å². The van der Waals surface area contributed by atoms with E-state index < -0.39 is 0 Å². The van der Waals surface area contributed by atoms with E-state index in [4.69, 9.17) is 5.73 Å². The summed E-state index contributed by atoms with van der Waals surface area (Å²) in [6.45, 7) is 2.01. The molecule has 0 atom stereocenters. The first-order valence-electron chi connectivity index (χ1n) is 7.80. The second kappa shape index (κ2) is 5.72. The Bertz CT molecular complexity index is 827. The van der Waals surface area contributed by atoms with E-state index in [-0.39, 0.29) is 0 Å². The van der Waals surface area contributed by atoms with Crippen LogP contribution in [-0.2, 0) is 13.0 Å². The Morgan fingerprint density at radius 2 is 1.74 bits per heavy atom. The third kappa shape index (κ3) is 2.63. The van der Waals surface area contributed by atoms with Crippen LogP contribution in [0.1, 0.15) is 11.1 Å². The first kappa shape index (κ1) is 13.8. The van der Waals surface area contributed by atoms with E-state index in [0.29, 0.717) is 5.82 Å². The summed E-state index contributed by atoms with van der Waals surface area (Å²) in [4.78, 5) is 10.8. The molecule has 0 spiro atoms. The van der Waals surface area contributed by atoms with Gasteiger partial charge in [0.1, 0.15) is 11.5 Å². The van der Waals surface area contributed by atoms with Crippen LogP contribution >= 0.6 is 0 Å². The highest BCUT2D eigenvalue weighted by Crippen LogP contribution is 2.29. The lowest BCUT2D eigenvalue weighted by molar-refractivity contribution is 0.836. The summed E-state index contributed by atoms with van der Waals surface area (Å²) in [5.74, 6) is 0.466. The fourth-order valence-corrected chi connectivity index (χ4v) is 3.13. The van der Waals surface area contributed by atoms with E-state index in [1.807, 2.05) is 0 Å². The van der Waals surface area contributed by atoms with Gasteiger partial charge in [-0.2, -0.15) is 0 Å². The molecule has 4 heteroatoms. The molecule has 0 aliphatic carbocycles. The Kier molecular flexibility index (Phi) is 3.42. The van der Waals surface area contributed by atoms with Crippen LogP contribution in [0.4, 0.5) is 11.5 Å². The molecule has 0 saturated heterocycles. The molecule has 4 nitrogen and oxygen atoms in total. The van der Waals surface area contributed by atoms with Gasteiger partial charge in [-0.15, -0.1) is 0 Å². The standard InChI is InChI=1S/C19H18N4/c20-19-18(21-10-11-22-19)16-7-5-14(6-8-16)13-23-12-9-15-3-1-2-4-17(15)23/h1-8,10-11H,9,12-13H2,(H2,20,22). The molecule has 4 rings (SSSR count). The number of hydrogen-bond acceptors (Lipinski definition) is 4. The zero-order valence-corrected chi connectivity index (χ0v) is 12.8. The van der Waals surface area contributed by atoms with Gasteiger partial charge in [0.2, 0.25) is 0 Å². The highest BCUT2D eigenvalue weighted by Gasteiger charge is 2.18. The molecule has 0 fully saturated rings. The number of hydrogen-bond donors (Lipinski definition) is 1. The van der Waals surface area contributed by atoms with Gasteiger partial charge in [0.15, 0.2) is 0 Å². The minimum atomic E-state index is 0.466. The predicted molar refractivity (Wildman–Crippen MR) is 93.1 cm³/mol. The predicted octanol–water partition coefficient (Wildman–Crippen LogP) is 3.29. The van der Waals surface area contributed by atoms with Crippen molar-refractivity contribution in [2.75, 3.05) is 17.2 Å². The minimum Gasteiger partial charge on any atom is -0.382 e.